The number of pyridine rings is 1. The number of anilines is 1. The second kappa shape index (κ2) is 8.74. The van der Waals surface area contributed by atoms with Gasteiger partial charge in [0, 0.05) is 35.6 Å². The van der Waals surface area contributed by atoms with Crippen molar-refractivity contribution >= 4 is 16.9 Å². The van der Waals surface area contributed by atoms with Crippen molar-refractivity contribution in [3.05, 3.63) is 101 Å². The SMILES string of the molecule is Cc1cc(NCc2ccccc2F)nc(-c2nn(Cc3ccccc3F)c3ncccc23)n1. The molecule has 5 aromatic rings. The highest BCUT2D eigenvalue weighted by atomic mass is 19.1. The van der Waals surface area contributed by atoms with Crippen molar-refractivity contribution in [1.82, 2.24) is 24.7 Å². The van der Waals surface area contributed by atoms with Crippen molar-refractivity contribution in [1.29, 1.82) is 0 Å². The molecule has 0 amide bonds. The van der Waals surface area contributed by atoms with Crippen LogP contribution in [0.4, 0.5) is 14.6 Å². The molecule has 2 aromatic carbocycles. The van der Waals surface area contributed by atoms with Crippen molar-refractivity contribution < 1.29 is 8.78 Å². The summed E-state index contributed by atoms with van der Waals surface area (Å²) >= 11 is 0. The third-order valence-electron chi connectivity index (χ3n) is 5.27. The Morgan fingerprint density at radius 2 is 1.61 bits per heavy atom. The fourth-order valence-corrected chi connectivity index (χ4v) is 3.67. The van der Waals surface area contributed by atoms with Gasteiger partial charge in [0.1, 0.15) is 23.1 Å². The Bertz CT molecular complexity index is 1450. The summed E-state index contributed by atoms with van der Waals surface area (Å²) < 4.78 is 29.9. The maximum absolute atomic E-state index is 14.2. The molecule has 0 aliphatic heterocycles. The second-order valence-electron chi connectivity index (χ2n) is 7.64. The fourth-order valence-electron chi connectivity index (χ4n) is 3.67. The molecule has 1 N–H and O–H groups in total. The minimum Gasteiger partial charge on any atom is -0.366 e. The first kappa shape index (κ1) is 20.7. The van der Waals surface area contributed by atoms with Crippen LogP contribution in [0.3, 0.4) is 0 Å². The van der Waals surface area contributed by atoms with Crippen LogP contribution in [0.1, 0.15) is 16.8 Å². The third kappa shape index (κ3) is 4.27. The highest BCUT2D eigenvalue weighted by molar-refractivity contribution is 5.89. The average Bonchev–Trinajstić information content (AvgIpc) is 3.18. The second-order valence-corrected chi connectivity index (χ2v) is 7.64. The first-order valence-electron chi connectivity index (χ1n) is 10.5. The summed E-state index contributed by atoms with van der Waals surface area (Å²) in [6.07, 6.45) is 1.67. The maximum Gasteiger partial charge on any atom is 0.183 e. The Balaban J connectivity index is 1.51. The highest BCUT2D eigenvalue weighted by Gasteiger charge is 2.17. The van der Waals surface area contributed by atoms with Crippen molar-refractivity contribution in [3.8, 4) is 11.5 Å². The Hall–Kier alpha value is -4.20. The van der Waals surface area contributed by atoms with Gasteiger partial charge in [-0.25, -0.2) is 28.4 Å². The fraction of sp³-hybridized carbons (Fsp3) is 0.120. The van der Waals surface area contributed by atoms with Crippen molar-refractivity contribution in [2.24, 2.45) is 0 Å². The van der Waals surface area contributed by atoms with Crippen LogP contribution in [0.5, 0.6) is 0 Å². The zero-order valence-corrected chi connectivity index (χ0v) is 17.8. The van der Waals surface area contributed by atoms with Gasteiger partial charge in [-0.05, 0) is 31.2 Å². The number of hydrogen-bond donors (Lipinski definition) is 1. The normalized spacial score (nSPS) is 11.1. The molecule has 0 bridgehead atoms. The molecule has 6 nitrogen and oxygen atoms in total. The van der Waals surface area contributed by atoms with Gasteiger partial charge in [0.2, 0.25) is 0 Å². The van der Waals surface area contributed by atoms with Gasteiger partial charge in [-0.2, -0.15) is 5.10 Å². The highest BCUT2D eigenvalue weighted by Crippen LogP contribution is 2.26. The largest absolute Gasteiger partial charge is 0.366 e. The zero-order valence-electron chi connectivity index (χ0n) is 17.8. The van der Waals surface area contributed by atoms with E-state index >= 15 is 0 Å². The summed E-state index contributed by atoms with van der Waals surface area (Å²) in [5.41, 5.74) is 2.95. The van der Waals surface area contributed by atoms with Crippen LogP contribution in [-0.4, -0.2) is 24.7 Å². The molecule has 0 unspecified atom stereocenters. The van der Waals surface area contributed by atoms with Gasteiger partial charge >= 0.3 is 0 Å². The van der Waals surface area contributed by atoms with Crippen LogP contribution in [0, 0.1) is 18.6 Å². The lowest BCUT2D eigenvalue weighted by molar-refractivity contribution is 0.589. The molecule has 0 aliphatic rings. The number of nitrogens with zero attached hydrogens (tertiary/aromatic N) is 5. The van der Waals surface area contributed by atoms with E-state index in [0.29, 0.717) is 34.1 Å². The van der Waals surface area contributed by atoms with E-state index in [9.17, 15) is 8.78 Å². The molecule has 8 heteroatoms. The smallest absolute Gasteiger partial charge is 0.183 e. The number of rotatable bonds is 6. The maximum atomic E-state index is 14.2. The molecule has 0 spiro atoms. The van der Waals surface area contributed by atoms with Crippen molar-refractivity contribution in [2.75, 3.05) is 5.32 Å². The lowest BCUT2D eigenvalue weighted by atomic mass is 10.2. The van der Waals surface area contributed by atoms with E-state index in [4.69, 9.17) is 0 Å². The molecule has 5 rings (SSSR count). The number of halogens is 2. The van der Waals surface area contributed by atoms with Crippen LogP contribution in [0.15, 0.2) is 72.9 Å². The number of nitrogens with one attached hydrogen (secondary N) is 1. The summed E-state index contributed by atoms with van der Waals surface area (Å²) in [5.74, 6) is 0.391. The summed E-state index contributed by atoms with van der Waals surface area (Å²) in [6, 6.07) is 18.7. The quantitative estimate of drug-likeness (QED) is 0.395. The van der Waals surface area contributed by atoms with E-state index in [0.717, 1.165) is 11.1 Å². The van der Waals surface area contributed by atoms with Crippen LogP contribution >= 0.6 is 0 Å². The molecule has 3 aromatic heterocycles. The van der Waals surface area contributed by atoms with Gasteiger partial charge in [-0.3, -0.25) is 0 Å². The van der Waals surface area contributed by atoms with E-state index in [1.807, 2.05) is 19.1 Å². The Morgan fingerprint density at radius 1 is 0.879 bits per heavy atom. The molecule has 0 fully saturated rings. The van der Waals surface area contributed by atoms with Gasteiger partial charge in [0.05, 0.1) is 11.9 Å². The molecule has 0 saturated carbocycles. The van der Waals surface area contributed by atoms with Gasteiger partial charge < -0.3 is 5.32 Å². The van der Waals surface area contributed by atoms with Gasteiger partial charge in [-0.15, -0.1) is 0 Å². The molecule has 0 saturated heterocycles. The first-order valence-corrected chi connectivity index (χ1v) is 10.5. The van der Waals surface area contributed by atoms with Gasteiger partial charge in [-0.1, -0.05) is 36.4 Å². The van der Waals surface area contributed by atoms with Crippen LogP contribution < -0.4 is 5.32 Å². The van der Waals surface area contributed by atoms with Gasteiger partial charge in [0.15, 0.2) is 11.5 Å². The molecule has 0 aliphatic carbocycles. The summed E-state index contributed by atoms with van der Waals surface area (Å²) in [5, 5.41) is 8.61. The standard InChI is InChI=1S/C25H20F2N6/c1-16-13-22(29-14-17-7-2-4-10-20(17)26)31-24(30-16)23-19-9-6-12-28-25(19)33(32-23)15-18-8-3-5-11-21(18)27/h2-13H,14-15H2,1H3,(H,29,30,31). The number of benzene rings is 2. The summed E-state index contributed by atoms with van der Waals surface area (Å²) in [6.45, 7) is 2.37. The first-order chi connectivity index (χ1) is 16.1. The minimum atomic E-state index is -0.301. The summed E-state index contributed by atoms with van der Waals surface area (Å²) in [4.78, 5) is 13.6. The number of aryl methyl sites for hydroxylation is 1. The van der Waals surface area contributed by atoms with Crippen LogP contribution in [0.2, 0.25) is 0 Å². The predicted molar refractivity (Wildman–Crippen MR) is 123 cm³/mol. The van der Waals surface area contributed by atoms with Gasteiger partial charge in [0.25, 0.3) is 0 Å². The van der Waals surface area contributed by atoms with E-state index in [2.05, 4.69) is 25.4 Å². The number of aromatic nitrogens is 5. The van der Waals surface area contributed by atoms with E-state index in [1.54, 1.807) is 53.3 Å². The van der Waals surface area contributed by atoms with Crippen LogP contribution in [-0.2, 0) is 13.1 Å². The molecular formula is C25H20F2N6. The topological polar surface area (TPSA) is 68.5 Å². The molecular weight excluding hydrogens is 422 g/mol. The molecule has 3 heterocycles. The van der Waals surface area contributed by atoms with E-state index < -0.39 is 0 Å². The Morgan fingerprint density at radius 3 is 2.36 bits per heavy atom. The molecule has 0 atom stereocenters. The zero-order chi connectivity index (χ0) is 22.8. The molecule has 33 heavy (non-hydrogen) atoms. The van der Waals surface area contributed by atoms with Crippen molar-refractivity contribution in [3.63, 3.8) is 0 Å². The minimum absolute atomic E-state index is 0.227. The molecule has 164 valence electrons. The molecule has 0 radical (unpaired) electrons. The Kier molecular flexibility index (Phi) is 5.48. The van der Waals surface area contributed by atoms with Crippen LogP contribution in [0.25, 0.3) is 22.6 Å². The number of hydrogen-bond acceptors (Lipinski definition) is 5. The average molecular weight is 442 g/mol. The summed E-state index contributed by atoms with van der Waals surface area (Å²) in [7, 11) is 0. The van der Waals surface area contributed by atoms with E-state index in [1.165, 1.54) is 12.1 Å². The lowest BCUT2D eigenvalue weighted by Crippen LogP contribution is -2.06. The third-order valence-corrected chi connectivity index (χ3v) is 5.27. The lowest BCUT2D eigenvalue weighted by Gasteiger charge is -2.09. The monoisotopic (exact) mass is 442 g/mol. The van der Waals surface area contributed by atoms with Crippen molar-refractivity contribution in [2.45, 2.75) is 20.0 Å². The number of fused-ring (bicyclic) bond motifs is 1. The predicted octanol–water partition coefficient (Wildman–Crippen LogP) is 5.14. The Labute approximate surface area is 189 Å². The van der Waals surface area contributed by atoms with E-state index in [-0.39, 0.29) is 24.7 Å².